The van der Waals surface area contributed by atoms with Gasteiger partial charge in [0.1, 0.15) is 12.4 Å². The molecule has 1 aromatic carbocycles. The zero-order valence-electron chi connectivity index (χ0n) is 22.3. The molecule has 1 spiro atoms. The fourth-order valence-corrected chi connectivity index (χ4v) is 4.59. The molecule has 2 aliphatic rings. The maximum absolute atomic E-state index is 10.6. The second kappa shape index (κ2) is 13.3. The molecule has 2 aliphatic heterocycles. The van der Waals surface area contributed by atoms with E-state index in [-0.39, 0.29) is 5.54 Å². The van der Waals surface area contributed by atoms with Crippen LogP contribution >= 0.6 is 0 Å². The van der Waals surface area contributed by atoms with Crippen molar-refractivity contribution in [1.29, 1.82) is 0 Å². The van der Waals surface area contributed by atoms with E-state index in [2.05, 4.69) is 57.8 Å². The van der Waals surface area contributed by atoms with Crippen LogP contribution in [-0.4, -0.2) is 73.6 Å². The standard InChI is InChI=1S/C23H26N4O.2C2HF3O2/c1-18-2-4-20(5-3-18)21-14-25-22-16-28-17-23(27(21)22)8-12-26(13-9-23)15-19-6-10-24-11-7-19;2*3-2(4,5)1(6)7/h2-7,10-11,14H,8-9,12-13,15-17H2,1H3;2*(H,6,7). The summed E-state index contributed by atoms with van der Waals surface area (Å²) in [5.74, 6) is -4.45. The fourth-order valence-electron chi connectivity index (χ4n) is 4.59. The lowest BCUT2D eigenvalue weighted by molar-refractivity contribution is -0.193. The molecule has 0 bridgehead atoms. The number of aromatic nitrogens is 3. The van der Waals surface area contributed by atoms with Crippen LogP contribution in [0.15, 0.2) is 55.0 Å². The lowest BCUT2D eigenvalue weighted by Gasteiger charge is -2.46. The summed E-state index contributed by atoms with van der Waals surface area (Å²) in [7, 11) is 0. The third-order valence-electron chi connectivity index (χ3n) is 6.69. The van der Waals surface area contributed by atoms with Crippen LogP contribution in [0.5, 0.6) is 0 Å². The number of benzene rings is 1. The quantitative estimate of drug-likeness (QED) is 0.401. The van der Waals surface area contributed by atoms with Crippen LogP contribution in [0, 0.1) is 6.92 Å². The van der Waals surface area contributed by atoms with Gasteiger partial charge in [0.15, 0.2) is 0 Å². The summed E-state index contributed by atoms with van der Waals surface area (Å²) in [6, 6.07) is 13.0. The molecule has 0 atom stereocenters. The molecule has 5 rings (SSSR count). The van der Waals surface area contributed by atoms with Gasteiger partial charge in [-0.2, -0.15) is 26.3 Å². The molecule has 42 heavy (non-hydrogen) atoms. The minimum Gasteiger partial charge on any atom is -0.475 e. The monoisotopic (exact) mass is 602 g/mol. The Kier molecular flexibility index (Phi) is 10.3. The van der Waals surface area contributed by atoms with Gasteiger partial charge in [-0.25, -0.2) is 14.6 Å². The van der Waals surface area contributed by atoms with Crippen molar-refractivity contribution in [3.63, 3.8) is 0 Å². The predicted octanol–water partition coefficient (Wildman–Crippen LogP) is 5.04. The van der Waals surface area contributed by atoms with Crippen LogP contribution in [0.4, 0.5) is 26.3 Å². The van der Waals surface area contributed by atoms with Crippen LogP contribution in [-0.2, 0) is 33.0 Å². The number of fused-ring (bicyclic) bond motifs is 2. The van der Waals surface area contributed by atoms with E-state index in [1.165, 1.54) is 22.4 Å². The first-order chi connectivity index (χ1) is 19.6. The summed E-state index contributed by atoms with van der Waals surface area (Å²) >= 11 is 0. The molecule has 0 saturated carbocycles. The Morgan fingerprint density at radius 2 is 1.45 bits per heavy atom. The van der Waals surface area contributed by atoms with E-state index in [9.17, 15) is 26.3 Å². The summed E-state index contributed by atoms with van der Waals surface area (Å²) < 4.78 is 72.0. The van der Waals surface area contributed by atoms with Gasteiger partial charge in [0.2, 0.25) is 0 Å². The maximum Gasteiger partial charge on any atom is 0.490 e. The highest BCUT2D eigenvalue weighted by molar-refractivity contribution is 5.73. The predicted molar refractivity (Wildman–Crippen MR) is 136 cm³/mol. The van der Waals surface area contributed by atoms with Gasteiger partial charge in [0.05, 0.1) is 24.0 Å². The van der Waals surface area contributed by atoms with E-state index in [0.29, 0.717) is 6.61 Å². The first kappa shape index (κ1) is 32.5. The molecule has 0 aliphatic carbocycles. The normalized spacial score (nSPS) is 16.4. The Morgan fingerprint density at radius 1 is 0.929 bits per heavy atom. The van der Waals surface area contributed by atoms with Gasteiger partial charge in [-0.05, 0) is 43.0 Å². The highest BCUT2D eigenvalue weighted by Crippen LogP contribution is 2.39. The van der Waals surface area contributed by atoms with Crippen LogP contribution < -0.4 is 0 Å². The molecular formula is C27H28F6N4O5. The number of halogens is 6. The second-order valence-corrected chi connectivity index (χ2v) is 9.72. The Balaban J connectivity index is 0.000000289. The molecule has 0 amide bonds. The van der Waals surface area contributed by atoms with Gasteiger partial charge >= 0.3 is 24.3 Å². The van der Waals surface area contributed by atoms with Gasteiger partial charge in [0.25, 0.3) is 0 Å². The Hall–Kier alpha value is -3.98. The lowest BCUT2D eigenvalue weighted by atomic mass is 9.86. The first-order valence-electron chi connectivity index (χ1n) is 12.6. The number of imidazole rings is 1. The Morgan fingerprint density at radius 3 is 1.95 bits per heavy atom. The largest absolute Gasteiger partial charge is 0.490 e. The number of likely N-dealkylation sites (tertiary alicyclic amines) is 1. The number of ether oxygens (including phenoxy) is 1. The molecule has 2 aromatic heterocycles. The molecule has 0 radical (unpaired) electrons. The molecule has 228 valence electrons. The van der Waals surface area contributed by atoms with Crippen molar-refractivity contribution in [2.45, 2.75) is 50.8 Å². The molecular weight excluding hydrogens is 574 g/mol. The van der Waals surface area contributed by atoms with E-state index in [1.54, 1.807) is 0 Å². The van der Waals surface area contributed by atoms with Crippen molar-refractivity contribution in [2.75, 3.05) is 19.7 Å². The number of hydrogen-bond acceptors (Lipinski definition) is 6. The van der Waals surface area contributed by atoms with Crippen molar-refractivity contribution in [1.82, 2.24) is 19.4 Å². The lowest BCUT2D eigenvalue weighted by Crippen LogP contribution is -2.51. The van der Waals surface area contributed by atoms with Crippen molar-refractivity contribution in [3.8, 4) is 11.3 Å². The van der Waals surface area contributed by atoms with Crippen molar-refractivity contribution in [3.05, 3.63) is 71.9 Å². The number of alkyl halides is 6. The van der Waals surface area contributed by atoms with Crippen LogP contribution in [0.3, 0.4) is 0 Å². The number of carboxylic acids is 2. The van der Waals surface area contributed by atoms with Crippen molar-refractivity contribution < 1.29 is 50.9 Å². The van der Waals surface area contributed by atoms with Crippen LogP contribution in [0.25, 0.3) is 11.3 Å². The molecule has 3 aromatic rings. The molecule has 9 nitrogen and oxygen atoms in total. The summed E-state index contributed by atoms with van der Waals surface area (Å²) in [6.45, 7) is 6.63. The maximum atomic E-state index is 10.6. The number of piperidine rings is 1. The summed E-state index contributed by atoms with van der Waals surface area (Å²) in [5, 5.41) is 14.2. The first-order valence-corrected chi connectivity index (χ1v) is 12.6. The minimum atomic E-state index is -5.08. The third-order valence-corrected chi connectivity index (χ3v) is 6.69. The second-order valence-electron chi connectivity index (χ2n) is 9.72. The zero-order valence-corrected chi connectivity index (χ0v) is 22.3. The highest BCUT2D eigenvalue weighted by Gasteiger charge is 2.42. The number of hydrogen-bond donors (Lipinski definition) is 2. The van der Waals surface area contributed by atoms with Crippen molar-refractivity contribution in [2.24, 2.45) is 0 Å². The summed E-state index contributed by atoms with van der Waals surface area (Å²) in [6.07, 6.45) is -2.22. The van der Waals surface area contributed by atoms with E-state index in [1.807, 2.05) is 18.6 Å². The molecule has 0 unspecified atom stereocenters. The van der Waals surface area contributed by atoms with E-state index < -0.39 is 24.3 Å². The average Bonchev–Trinajstić information content (AvgIpc) is 3.37. The van der Waals surface area contributed by atoms with Gasteiger partial charge in [-0.1, -0.05) is 29.8 Å². The van der Waals surface area contributed by atoms with Gasteiger partial charge in [-0.3, -0.25) is 9.88 Å². The van der Waals surface area contributed by atoms with Crippen molar-refractivity contribution >= 4 is 11.9 Å². The fraction of sp³-hybridized carbons (Fsp3) is 0.407. The van der Waals surface area contributed by atoms with Crippen LogP contribution in [0.2, 0.25) is 0 Å². The zero-order chi connectivity index (χ0) is 31.1. The van der Waals surface area contributed by atoms with E-state index in [0.717, 1.165) is 44.9 Å². The molecule has 1 fully saturated rings. The third kappa shape index (κ3) is 8.52. The van der Waals surface area contributed by atoms with Gasteiger partial charge in [-0.15, -0.1) is 0 Å². The number of nitrogens with zero attached hydrogens (tertiary/aromatic N) is 4. The SMILES string of the molecule is Cc1ccc(-c2cnc3n2C2(CCN(Cc4ccncc4)CC2)COC3)cc1.O=C(O)C(F)(F)F.O=C(O)C(F)(F)F. The van der Waals surface area contributed by atoms with E-state index >= 15 is 0 Å². The molecule has 4 heterocycles. The topological polar surface area (TPSA) is 118 Å². The number of aryl methyl sites for hydroxylation is 1. The minimum absolute atomic E-state index is 0.0129. The van der Waals surface area contributed by atoms with E-state index in [4.69, 9.17) is 29.5 Å². The Bertz CT molecular complexity index is 1310. The summed E-state index contributed by atoms with van der Waals surface area (Å²) in [4.78, 5) is 29.2. The Labute approximate surface area is 236 Å². The van der Waals surface area contributed by atoms with Gasteiger partial charge in [0, 0.05) is 32.0 Å². The number of pyridine rings is 1. The highest BCUT2D eigenvalue weighted by atomic mass is 19.4. The number of carboxylic acid groups (broad SMARTS) is 2. The van der Waals surface area contributed by atoms with Gasteiger partial charge < -0.3 is 19.5 Å². The number of carbonyl (C=O) groups is 2. The van der Waals surface area contributed by atoms with Crippen LogP contribution in [0.1, 0.15) is 29.8 Å². The molecule has 1 saturated heterocycles. The summed E-state index contributed by atoms with van der Waals surface area (Å²) in [5.41, 5.74) is 5.09. The number of aliphatic carboxylic acids is 2. The smallest absolute Gasteiger partial charge is 0.475 e. The number of rotatable bonds is 3. The average molecular weight is 603 g/mol. The molecule has 2 N–H and O–H groups in total. The molecule has 15 heteroatoms.